The molecule has 0 spiro atoms. The number of anilines is 1. The zero-order valence-electron chi connectivity index (χ0n) is 14.7. The summed E-state index contributed by atoms with van der Waals surface area (Å²) < 4.78 is 0. The Morgan fingerprint density at radius 1 is 1.04 bits per heavy atom. The topological polar surface area (TPSA) is 113 Å². The van der Waals surface area contributed by atoms with Gasteiger partial charge in [-0.3, -0.25) is 29.4 Å². The van der Waals surface area contributed by atoms with Gasteiger partial charge >= 0.3 is 0 Å². The number of nitrogens with two attached hydrogens (primary N) is 1. The quantitative estimate of drug-likeness (QED) is 0.710. The van der Waals surface area contributed by atoms with E-state index in [9.17, 15) is 19.2 Å². The Kier molecular flexibility index (Phi) is 3.42. The summed E-state index contributed by atoms with van der Waals surface area (Å²) in [4.78, 5) is 52.3. The fourth-order valence-electron chi connectivity index (χ4n) is 4.87. The Morgan fingerprint density at radius 3 is 2.41 bits per heavy atom. The van der Waals surface area contributed by atoms with E-state index in [0.717, 1.165) is 30.2 Å². The molecule has 0 bridgehead atoms. The third-order valence-electron chi connectivity index (χ3n) is 6.43. The summed E-state index contributed by atoms with van der Waals surface area (Å²) in [5.74, 6) is -0.0333. The zero-order chi connectivity index (χ0) is 18.9. The van der Waals surface area contributed by atoms with Gasteiger partial charge in [-0.25, -0.2) is 0 Å². The molecule has 27 heavy (non-hydrogen) atoms. The van der Waals surface area contributed by atoms with Crippen molar-refractivity contribution in [3.8, 4) is 0 Å². The van der Waals surface area contributed by atoms with Crippen LogP contribution in [-0.2, 0) is 9.59 Å². The highest BCUT2D eigenvalue weighted by atomic mass is 16.2. The maximum atomic E-state index is 12.9. The van der Waals surface area contributed by atoms with Crippen molar-refractivity contribution in [2.24, 2.45) is 23.5 Å². The number of nitrogens with zero attached hydrogens (tertiary/aromatic N) is 2. The second kappa shape index (κ2) is 5.63. The van der Waals surface area contributed by atoms with Crippen LogP contribution in [0.25, 0.3) is 0 Å². The molecule has 0 aromatic heterocycles. The van der Waals surface area contributed by atoms with Crippen LogP contribution in [0.3, 0.4) is 0 Å². The van der Waals surface area contributed by atoms with Crippen molar-refractivity contribution in [2.45, 2.75) is 18.9 Å². The molecular formula is C19H20N4O4. The third-order valence-corrected chi connectivity index (χ3v) is 6.43. The molecule has 3 heterocycles. The molecule has 4 atom stereocenters. The number of carbonyl (C=O) groups excluding carboxylic acids is 4. The normalized spacial score (nSPS) is 31.9. The van der Waals surface area contributed by atoms with Gasteiger partial charge in [0.1, 0.15) is 6.04 Å². The molecule has 0 radical (unpaired) electrons. The number of hydrogen-bond donors (Lipinski definition) is 2. The number of nitrogens with one attached hydrogen (secondary N) is 1. The van der Waals surface area contributed by atoms with Gasteiger partial charge in [0.05, 0.1) is 11.1 Å². The minimum absolute atomic E-state index is 0.119. The zero-order valence-corrected chi connectivity index (χ0v) is 14.7. The Labute approximate surface area is 155 Å². The van der Waals surface area contributed by atoms with Gasteiger partial charge in [-0.1, -0.05) is 0 Å². The first kappa shape index (κ1) is 16.4. The lowest BCUT2D eigenvalue weighted by molar-refractivity contribution is -0.136. The van der Waals surface area contributed by atoms with Crippen LogP contribution in [0.1, 0.15) is 33.6 Å². The maximum absolute atomic E-state index is 12.9. The number of imide groups is 2. The minimum atomic E-state index is -0.928. The first-order valence-electron chi connectivity index (χ1n) is 9.30. The van der Waals surface area contributed by atoms with Crippen LogP contribution in [0.15, 0.2) is 18.2 Å². The average molecular weight is 368 g/mol. The second-order valence-electron chi connectivity index (χ2n) is 7.81. The van der Waals surface area contributed by atoms with E-state index in [2.05, 4.69) is 10.2 Å². The molecule has 4 aliphatic rings. The van der Waals surface area contributed by atoms with Crippen molar-refractivity contribution in [3.63, 3.8) is 0 Å². The van der Waals surface area contributed by atoms with Crippen LogP contribution in [0, 0.1) is 17.8 Å². The van der Waals surface area contributed by atoms with Gasteiger partial charge in [0.15, 0.2) is 0 Å². The smallest absolute Gasteiger partial charge is 0.262 e. The highest BCUT2D eigenvalue weighted by Crippen LogP contribution is 2.52. The van der Waals surface area contributed by atoms with Gasteiger partial charge in [0, 0.05) is 25.2 Å². The van der Waals surface area contributed by atoms with E-state index in [4.69, 9.17) is 5.73 Å². The summed E-state index contributed by atoms with van der Waals surface area (Å²) in [6.07, 6.45) is 0.285. The van der Waals surface area contributed by atoms with E-state index in [0.29, 0.717) is 28.9 Å². The molecule has 8 heteroatoms. The van der Waals surface area contributed by atoms with Crippen LogP contribution in [0.2, 0.25) is 0 Å². The Balaban J connectivity index is 1.39. The van der Waals surface area contributed by atoms with Crippen molar-refractivity contribution in [1.29, 1.82) is 0 Å². The first-order chi connectivity index (χ1) is 13.0. The minimum Gasteiger partial charge on any atom is -0.371 e. The number of fused-ring (bicyclic) bond motifs is 2. The summed E-state index contributed by atoms with van der Waals surface area (Å²) >= 11 is 0. The molecular weight excluding hydrogens is 348 g/mol. The van der Waals surface area contributed by atoms with Crippen molar-refractivity contribution in [2.75, 3.05) is 24.5 Å². The van der Waals surface area contributed by atoms with Crippen molar-refractivity contribution in [3.05, 3.63) is 29.3 Å². The van der Waals surface area contributed by atoms with E-state index in [1.807, 2.05) is 6.07 Å². The van der Waals surface area contributed by atoms with Gasteiger partial charge in [0.25, 0.3) is 11.8 Å². The molecule has 1 aromatic carbocycles. The Bertz CT molecular complexity index is 886. The second-order valence-corrected chi connectivity index (χ2v) is 7.81. The maximum Gasteiger partial charge on any atom is 0.262 e. The molecule has 1 saturated carbocycles. The van der Waals surface area contributed by atoms with Crippen LogP contribution < -0.4 is 16.0 Å². The van der Waals surface area contributed by atoms with E-state index < -0.39 is 23.8 Å². The predicted octanol–water partition coefficient (Wildman–Crippen LogP) is -0.271. The average Bonchev–Trinajstić information content (AvgIpc) is 3.00. The van der Waals surface area contributed by atoms with Crippen LogP contribution in [0.5, 0.6) is 0 Å². The first-order valence-corrected chi connectivity index (χ1v) is 9.30. The van der Waals surface area contributed by atoms with E-state index in [-0.39, 0.29) is 18.7 Å². The van der Waals surface area contributed by atoms with E-state index >= 15 is 0 Å². The lowest BCUT2D eigenvalue weighted by Gasteiger charge is -2.27. The van der Waals surface area contributed by atoms with Crippen LogP contribution in [-0.4, -0.2) is 54.2 Å². The summed E-state index contributed by atoms with van der Waals surface area (Å²) in [6, 6.07) is 4.36. The van der Waals surface area contributed by atoms with Crippen LogP contribution in [0.4, 0.5) is 5.69 Å². The lowest BCUT2D eigenvalue weighted by Crippen LogP contribution is -2.54. The largest absolute Gasteiger partial charge is 0.371 e. The summed E-state index contributed by atoms with van der Waals surface area (Å²) in [5, 5.41) is 2.21. The van der Waals surface area contributed by atoms with E-state index in [1.54, 1.807) is 12.1 Å². The Hall–Kier alpha value is -2.74. The summed E-state index contributed by atoms with van der Waals surface area (Å²) in [5.41, 5.74) is 7.33. The predicted molar refractivity (Wildman–Crippen MR) is 94.9 cm³/mol. The number of hydrogen-bond acceptors (Lipinski definition) is 6. The van der Waals surface area contributed by atoms with Gasteiger partial charge in [0.2, 0.25) is 11.8 Å². The molecule has 3 aliphatic heterocycles. The van der Waals surface area contributed by atoms with Gasteiger partial charge in [-0.2, -0.15) is 0 Å². The highest BCUT2D eigenvalue weighted by molar-refractivity contribution is 6.23. The van der Waals surface area contributed by atoms with Crippen molar-refractivity contribution >= 4 is 29.3 Å². The molecule has 3 fully saturated rings. The number of carbonyl (C=O) groups is 4. The number of piperidine rings is 2. The van der Waals surface area contributed by atoms with E-state index in [1.165, 1.54) is 0 Å². The molecule has 3 N–H and O–H groups in total. The number of rotatable bonds is 3. The third kappa shape index (κ3) is 2.32. The summed E-state index contributed by atoms with van der Waals surface area (Å²) in [6.45, 7) is 2.57. The van der Waals surface area contributed by atoms with Crippen LogP contribution >= 0.6 is 0 Å². The molecule has 140 valence electrons. The van der Waals surface area contributed by atoms with Crippen molar-refractivity contribution in [1.82, 2.24) is 10.2 Å². The van der Waals surface area contributed by atoms with Crippen molar-refractivity contribution < 1.29 is 19.2 Å². The van der Waals surface area contributed by atoms with Gasteiger partial charge in [-0.05, 0) is 48.9 Å². The standard InChI is InChI=1S/C19H20N4O4/c20-6-12-13-7-22(8-14(12)13)9-1-2-10-11(5-9)19(27)23(18(10)26)15-3-4-16(24)21-17(15)25/h1-2,5,12-15H,3-4,6-8,20H2,(H,21,24,25)/t12?,13-,14+,15?. The molecule has 1 aliphatic carbocycles. The number of amides is 4. The molecule has 5 rings (SSSR count). The molecule has 4 amide bonds. The number of benzene rings is 1. The molecule has 2 saturated heterocycles. The van der Waals surface area contributed by atoms with Gasteiger partial charge < -0.3 is 10.6 Å². The molecule has 1 aromatic rings. The monoisotopic (exact) mass is 368 g/mol. The van der Waals surface area contributed by atoms with Gasteiger partial charge in [-0.15, -0.1) is 0 Å². The fourth-order valence-corrected chi connectivity index (χ4v) is 4.87. The summed E-state index contributed by atoms with van der Waals surface area (Å²) in [7, 11) is 0. The Morgan fingerprint density at radius 2 is 1.74 bits per heavy atom. The molecule has 2 unspecified atom stereocenters. The molecule has 8 nitrogen and oxygen atoms in total. The highest BCUT2D eigenvalue weighted by Gasteiger charge is 2.54. The SMILES string of the molecule is NCC1[C@H]2CN(c3ccc4c(c3)C(=O)N(C3CCC(=O)NC3=O)C4=O)C[C@@H]12. The lowest BCUT2D eigenvalue weighted by atomic mass is 10.0. The fraction of sp³-hybridized carbons (Fsp3) is 0.474.